The van der Waals surface area contributed by atoms with Crippen LogP contribution in [0.25, 0.3) is 11.1 Å². The molecule has 0 radical (unpaired) electrons. The second-order valence-electron chi connectivity index (χ2n) is 9.15. The van der Waals surface area contributed by atoms with E-state index in [4.69, 9.17) is 5.11 Å². The van der Waals surface area contributed by atoms with Crippen LogP contribution in [0.2, 0.25) is 0 Å². The highest BCUT2D eigenvalue weighted by Gasteiger charge is 2.29. The number of benzene rings is 2. The molecule has 1 aromatic heterocycles. The summed E-state index contributed by atoms with van der Waals surface area (Å²) in [6.07, 6.45) is 4.77. The molecule has 2 aromatic carbocycles. The topological polar surface area (TPSA) is 95.3 Å². The number of hydrogen-bond acceptors (Lipinski definition) is 5. The third-order valence-electron chi connectivity index (χ3n) is 6.53. The standard InChI is InChI=1S/C27H31N3O3/c1-17-13-23(16-24(14-17)30-27-28-12-11-18(2)29-27)20-5-3-19(4-6-20)15-25(31)21-7-9-22(10-8-21)26(32)33/h3-6,11-14,16,21-22,25,31H,7-10,15H2,1-2H3,(H,32,33)(H,28,29,30). The van der Waals surface area contributed by atoms with Crippen molar-refractivity contribution in [3.8, 4) is 11.1 Å². The molecular weight excluding hydrogens is 414 g/mol. The molecule has 0 amide bonds. The van der Waals surface area contributed by atoms with Crippen LogP contribution in [0.15, 0.2) is 54.7 Å². The van der Waals surface area contributed by atoms with Gasteiger partial charge in [0.2, 0.25) is 5.95 Å². The smallest absolute Gasteiger partial charge is 0.306 e. The van der Waals surface area contributed by atoms with Gasteiger partial charge in [0.15, 0.2) is 0 Å². The number of anilines is 2. The number of carbonyl (C=O) groups is 1. The van der Waals surface area contributed by atoms with Crippen LogP contribution in [0.1, 0.15) is 42.5 Å². The fourth-order valence-electron chi connectivity index (χ4n) is 4.65. The summed E-state index contributed by atoms with van der Waals surface area (Å²) >= 11 is 0. The molecule has 1 aliphatic carbocycles. The SMILES string of the molecule is Cc1cc(Nc2nccc(C)n2)cc(-c2ccc(CC(O)C3CCC(C(=O)O)CC3)cc2)c1. The maximum absolute atomic E-state index is 11.1. The van der Waals surface area contributed by atoms with Crippen LogP contribution >= 0.6 is 0 Å². The van der Waals surface area contributed by atoms with Gasteiger partial charge in [-0.25, -0.2) is 9.97 Å². The van der Waals surface area contributed by atoms with Crippen molar-refractivity contribution in [3.63, 3.8) is 0 Å². The zero-order chi connectivity index (χ0) is 23.4. The third kappa shape index (κ3) is 5.96. The first-order valence-electron chi connectivity index (χ1n) is 11.6. The number of carboxylic acid groups (broad SMARTS) is 1. The summed E-state index contributed by atoms with van der Waals surface area (Å²) in [6.45, 7) is 4.00. The molecule has 1 heterocycles. The predicted molar refractivity (Wildman–Crippen MR) is 129 cm³/mol. The number of aryl methyl sites for hydroxylation is 2. The number of rotatable bonds is 7. The van der Waals surface area contributed by atoms with E-state index < -0.39 is 12.1 Å². The highest BCUT2D eigenvalue weighted by Crippen LogP contribution is 2.32. The van der Waals surface area contributed by atoms with Crippen molar-refractivity contribution >= 4 is 17.6 Å². The van der Waals surface area contributed by atoms with Gasteiger partial charge in [-0.15, -0.1) is 0 Å². The van der Waals surface area contributed by atoms with E-state index in [-0.39, 0.29) is 11.8 Å². The Morgan fingerprint density at radius 3 is 2.42 bits per heavy atom. The van der Waals surface area contributed by atoms with Crippen LogP contribution in [0.5, 0.6) is 0 Å². The molecule has 6 nitrogen and oxygen atoms in total. The normalized spacial score (nSPS) is 19.1. The number of aliphatic hydroxyl groups excluding tert-OH is 1. The molecule has 1 atom stereocenters. The summed E-state index contributed by atoms with van der Waals surface area (Å²) in [6, 6.07) is 16.5. The molecule has 0 saturated heterocycles. The molecule has 0 bridgehead atoms. The van der Waals surface area contributed by atoms with Crippen molar-refractivity contribution in [1.82, 2.24) is 9.97 Å². The van der Waals surface area contributed by atoms with Crippen LogP contribution in [-0.4, -0.2) is 32.3 Å². The third-order valence-corrected chi connectivity index (χ3v) is 6.53. The molecule has 1 saturated carbocycles. The summed E-state index contributed by atoms with van der Waals surface area (Å²) in [4.78, 5) is 19.8. The van der Waals surface area contributed by atoms with Gasteiger partial charge in [-0.1, -0.05) is 30.3 Å². The Hall–Kier alpha value is -3.25. The average molecular weight is 446 g/mol. The monoisotopic (exact) mass is 445 g/mol. The quantitative estimate of drug-likeness (QED) is 0.457. The van der Waals surface area contributed by atoms with Crippen molar-refractivity contribution in [2.45, 2.75) is 52.1 Å². The van der Waals surface area contributed by atoms with E-state index in [1.165, 1.54) is 0 Å². The lowest BCUT2D eigenvalue weighted by atomic mass is 9.78. The zero-order valence-corrected chi connectivity index (χ0v) is 19.2. The van der Waals surface area contributed by atoms with Gasteiger partial charge in [-0.3, -0.25) is 4.79 Å². The van der Waals surface area contributed by atoms with Crippen LogP contribution in [0.4, 0.5) is 11.6 Å². The molecule has 33 heavy (non-hydrogen) atoms. The second-order valence-corrected chi connectivity index (χ2v) is 9.15. The minimum absolute atomic E-state index is 0.175. The Kier molecular flexibility index (Phi) is 7.04. The molecule has 1 unspecified atom stereocenters. The lowest BCUT2D eigenvalue weighted by Crippen LogP contribution is -2.29. The molecule has 0 aliphatic heterocycles. The van der Waals surface area contributed by atoms with Gasteiger partial charge >= 0.3 is 5.97 Å². The maximum atomic E-state index is 11.1. The minimum Gasteiger partial charge on any atom is -0.481 e. The van der Waals surface area contributed by atoms with Crippen LogP contribution in [-0.2, 0) is 11.2 Å². The van der Waals surface area contributed by atoms with Crippen molar-refractivity contribution in [2.24, 2.45) is 11.8 Å². The lowest BCUT2D eigenvalue weighted by molar-refractivity contribution is -0.143. The summed E-state index contributed by atoms with van der Waals surface area (Å²) in [5.41, 5.74) is 6.28. The summed E-state index contributed by atoms with van der Waals surface area (Å²) < 4.78 is 0. The van der Waals surface area contributed by atoms with E-state index in [9.17, 15) is 9.90 Å². The van der Waals surface area contributed by atoms with Gasteiger partial charge in [-0.05, 0) is 92.3 Å². The van der Waals surface area contributed by atoms with E-state index in [2.05, 4.69) is 64.7 Å². The van der Waals surface area contributed by atoms with E-state index in [1.54, 1.807) is 6.20 Å². The van der Waals surface area contributed by atoms with Gasteiger partial charge in [0, 0.05) is 17.6 Å². The highest BCUT2D eigenvalue weighted by atomic mass is 16.4. The number of carboxylic acids is 1. The number of hydrogen-bond donors (Lipinski definition) is 3. The molecule has 172 valence electrons. The van der Waals surface area contributed by atoms with Crippen molar-refractivity contribution in [1.29, 1.82) is 0 Å². The molecule has 3 N–H and O–H groups in total. The Morgan fingerprint density at radius 2 is 1.76 bits per heavy atom. The largest absolute Gasteiger partial charge is 0.481 e. The first-order chi connectivity index (χ1) is 15.9. The molecule has 1 aliphatic rings. The Labute approximate surface area is 194 Å². The van der Waals surface area contributed by atoms with E-state index in [0.717, 1.165) is 46.5 Å². The highest BCUT2D eigenvalue weighted by molar-refractivity contribution is 5.71. The minimum atomic E-state index is -0.709. The molecular formula is C27H31N3O3. The van der Waals surface area contributed by atoms with E-state index >= 15 is 0 Å². The number of aliphatic carboxylic acids is 1. The number of aliphatic hydroxyl groups is 1. The molecule has 1 fully saturated rings. The number of aromatic nitrogens is 2. The Balaban J connectivity index is 1.41. The van der Waals surface area contributed by atoms with E-state index in [0.29, 0.717) is 25.2 Å². The Morgan fingerprint density at radius 1 is 1.03 bits per heavy atom. The van der Waals surface area contributed by atoms with E-state index in [1.807, 2.05) is 13.0 Å². The van der Waals surface area contributed by atoms with Crippen molar-refractivity contribution in [2.75, 3.05) is 5.32 Å². The van der Waals surface area contributed by atoms with Gasteiger partial charge in [0.25, 0.3) is 0 Å². The zero-order valence-electron chi connectivity index (χ0n) is 19.2. The molecule has 4 rings (SSSR count). The second kappa shape index (κ2) is 10.1. The van der Waals surface area contributed by atoms with Crippen LogP contribution in [0, 0.1) is 25.7 Å². The number of nitrogens with one attached hydrogen (secondary N) is 1. The Bertz CT molecular complexity index is 1110. The number of nitrogens with zero attached hydrogens (tertiary/aromatic N) is 2. The van der Waals surface area contributed by atoms with Gasteiger partial charge in [0.05, 0.1) is 12.0 Å². The predicted octanol–water partition coefficient (Wildman–Crippen LogP) is 5.30. The molecule has 0 spiro atoms. The first kappa shape index (κ1) is 22.9. The van der Waals surface area contributed by atoms with Crippen LogP contribution < -0.4 is 5.32 Å². The average Bonchev–Trinajstić information content (AvgIpc) is 2.79. The summed E-state index contributed by atoms with van der Waals surface area (Å²) in [5.74, 6) is -0.207. The summed E-state index contributed by atoms with van der Waals surface area (Å²) in [5, 5.41) is 23.2. The maximum Gasteiger partial charge on any atom is 0.306 e. The van der Waals surface area contributed by atoms with Gasteiger partial charge in [-0.2, -0.15) is 0 Å². The van der Waals surface area contributed by atoms with Gasteiger partial charge < -0.3 is 15.5 Å². The summed E-state index contributed by atoms with van der Waals surface area (Å²) in [7, 11) is 0. The molecule has 6 heteroatoms. The molecule has 3 aromatic rings. The van der Waals surface area contributed by atoms with Gasteiger partial charge in [0.1, 0.15) is 0 Å². The van der Waals surface area contributed by atoms with Crippen molar-refractivity contribution < 1.29 is 15.0 Å². The van der Waals surface area contributed by atoms with Crippen molar-refractivity contribution in [3.05, 3.63) is 71.5 Å². The lowest BCUT2D eigenvalue weighted by Gasteiger charge is -2.29. The first-order valence-corrected chi connectivity index (χ1v) is 11.6. The van der Waals surface area contributed by atoms with Crippen LogP contribution in [0.3, 0.4) is 0 Å². The fourth-order valence-corrected chi connectivity index (χ4v) is 4.65. The fraction of sp³-hybridized carbons (Fsp3) is 0.370.